The number of nitrogens with zero attached hydrogens (tertiary/aromatic N) is 5. The molecule has 8 heteroatoms. The molecule has 2 aliphatic heterocycles. The third kappa shape index (κ3) is 4.27. The van der Waals surface area contributed by atoms with Gasteiger partial charge >= 0.3 is 0 Å². The molecule has 0 N–H and O–H groups in total. The monoisotopic (exact) mass is 401 g/mol. The quantitative estimate of drug-likeness (QED) is 0.717. The van der Waals surface area contributed by atoms with E-state index in [1.165, 1.54) is 36.7 Å². The molecule has 1 aromatic heterocycles. The molecule has 28 heavy (non-hydrogen) atoms. The lowest BCUT2D eigenvalue weighted by Crippen LogP contribution is -2.49. The molecule has 2 aliphatic rings. The van der Waals surface area contributed by atoms with Crippen LogP contribution in [0.15, 0.2) is 29.4 Å². The molecule has 150 valence electrons. The summed E-state index contributed by atoms with van der Waals surface area (Å²) < 4.78 is 7.42. The van der Waals surface area contributed by atoms with Gasteiger partial charge in [0.05, 0.1) is 12.9 Å². The lowest BCUT2D eigenvalue weighted by molar-refractivity contribution is -0.128. The van der Waals surface area contributed by atoms with Crippen molar-refractivity contribution in [1.29, 1.82) is 0 Å². The number of methoxy groups -OCH3 is 1. The Morgan fingerprint density at radius 2 is 1.82 bits per heavy atom. The molecule has 3 heterocycles. The van der Waals surface area contributed by atoms with E-state index < -0.39 is 0 Å². The molecule has 0 aliphatic carbocycles. The molecule has 0 saturated carbocycles. The van der Waals surface area contributed by atoms with Crippen LogP contribution in [0.5, 0.6) is 5.75 Å². The number of aryl methyl sites for hydroxylation is 1. The maximum Gasteiger partial charge on any atom is 0.233 e. The van der Waals surface area contributed by atoms with E-state index in [0.29, 0.717) is 5.75 Å². The van der Waals surface area contributed by atoms with Crippen molar-refractivity contribution in [2.24, 2.45) is 0 Å². The van der Waals surface area contributed by atoms with Crippen molar-refractivity contribution in [2.45, 2.75) is 37.4 Å². The minimum atomic E-state index is 0.186. The van der Waals surface area contributed by atoms with Crippen LogP contribution in [0.25, 0.3) is 0 Å². The standard InChI is InChI=1S/C20H27N5O2S/c1-27-17-8-6-16(7-9-17)23-11-13-24(14-12-23)19(26)15-28-20-22-21-18-5-3-2-4-10-25(18)20/h6-9H,2-5,10-15H2,1H3. The van der Waals surface area contributed by atoms with Crippen LogP contribution in [0, 0.1) is 0 Å². The molecular weight excluding hydrogens is 374 g/mol. The second-order valence-corrected chi connectivity index (χ2v) is 8.16. The summed E-state index contributed by atoms with van der Waals surface area (Å²) in [5.74, 6) is 2.55. The predicted octanol–water partition coefficient (Wildman–Crippen LogP) is 2.45. The van der Waals surface area contributed by atoms with Crippen LogP contribution in [0.3, 0.4) is 0 Å². The summed E-state index contributed by atoms with van der Waals surface area (Å²) in [6.07, 6.45) is 4.58. The number of carbonyl (C=O) groups excluding carboxylic acids is 1. The number of carbonyl (C=O) groups is 1. The van der Waals surface area contributed by atoms with Gasteiger partial charge in [-0.3, -0.25) is 4.79 Å². The number of aromatic nitrogens is 3. The van der Waals surface area contributed by atoms with Gasteiger partial charge in [0.25, 0.3) is 0 Å². The Balaban J connectivity index is 1.28. The van der Waals surface area contributed by atoms with Crippen LogP contribution in [0.1, 0.15) is 25.1 Å². The summed E-state index contributed by atoms with van der Waals surface area (Å²) in [5, 5.41) is 9.51. The smallest absolute Gasteiger partial charge is 0.233 e. The highest BCUT2D eigenvalue weighted by atomic mass is 32.2. The van der Waals surface area contributed by atoms with Crippen molar-refractivity contribution in [2.75, 3.05) is 43.9 Å². The average molecular weight is 402 g/mol. The van der Waals surface area contributed by atoms with Gasteiger partial charge in [-0.2, -0.15) is 0 Å². The van der Waals surface area contributed by atoms with Gasteiger partial charge in [0.2, 0.25) is 5.91 Å². The van der Waals surface area contributed by atoms with Crippen molar-refractivity contribution >= 4 is 23.4 Å². The van der Waals surface area contributed by atoms with Crippen LogP contribution in [0.2, 0.25) is 0 Å². The van der Waals surface area contributed by atoms with Crippen molar-refractivity contribution in [3.63, 3.8) is 0 Å². The molecule has 1 aromatic carbocycles. The van der Waals surface area contributed by atoms with Gasteiger partial charge in [0, 0.05) is 44.8 Å². The van der Waals surface area contributed by atoms with Crippen molar-refractivity contribution in [3.05, 3.63) is 30.1 Å². The lowest BCUT2D eigenvalue weighted by atomic mass is 10.2. The Morgan fingerprint density at radius 3 is 2.57 bits per heavy atom. The van der Waals surface area contributed by atoms with Gasteiger partial charge in [0.15, 0.2) is 5.16 Å². The first-order valence-electron chi connectivity index (χ1n) is 9.96. The van der Waals surface area contributed by atoms with Crippen LogP contribution >= 0.6 is 11.8 Å². The minimum Gasteiger partial charge on any atom is -0.497 e. The SMILES string of the molecule is COc1ccc(N2CCN(C(=O)CSc3nnc4n3CCCCC4)CC2)cc1. The summed E-state index contributed by atoms with van der Waals surface area (Å²) in [5.41, 5.74) is 1.17. The number of hydrogen-bond acceptors (Lipinski definition) is 6. The molecule has 0 radical (unpaired) electrons. The van der Waals surface area contributed by atoms with Gasteiger partial charge < -0.3 is 19.1 Å². The van der Waals surface area contributed by atoms with Crippen LogP contribution in [-0.2, 0) is 17.8 Å². The molecule has 0 spiro atoms. The minimum absolute atomic E-state index is 0.186. The summed E-state index contributed by atoms with van der Waals surface area (Å²) in [4.78, 5) is 16.9. The fourth-order valence-electron chi connectivity index (χ4n) is 3.79. The molecule has 0 atom stereocenters. The third-order valence-electron chi connectivity index (χ3n) is 5.47. The second kappa shape index (κ2) is 8.86. The Morgan fingerprint density at radius 1 is 1.04 bits per heavy atom. The zero-order valence-electron chi connectivity index (χ0n) is 16.3. The molecule has 1 fully saturated rings. The molecule has 4 rings (SSSR count). The van der Waals surface area contributed by atoms with Crippen LogP contribution < -0.4 is 9.64 Å². The summed E-state index contributed by atoms with van der Waals surface area (Å²) in [6, 6.07) is 8.10. The largest absolute Gasteiger partial charge is 0.497 e. The van der Waals surface area contributed by atoms with Crippen LogP contribution in [-0.4, -0.2) is 64.6 Å². The molecule has 1 saturated heterocycles. The van der Waals surface area contributed by atoms with E-state index in [9.17, 15) is 4.79 Å². The summed E-state index contributed by atoms with van der Waals surface area (Å²) in [6.45, 7) is 4.18. The highest BCUT2D eigenvalue weighted by molar-refractivity contribution is 7.99. The molecule has 1 amide bonds. The molecule has 0 bridgehead atoms. The van der Waals surface area contributed by atoms with Gasteiger partial charge in [-0.1, -0.05) is 18.2 Å². The number of benzene rings is 1. The Hall–Kier alpha value is -2.22. The van der Waals surface area contributed by atoms with Gasteiger partial charge in [-0.15, -0.1) is 10.2 Å². The van der Waals surface area contributed by atoms with Gasteiger partial charge in [-0.05, 0) is 37.1 Å². The maximum absolute atomic E-state index is 12.7. The number of amides is 1. The van der Waals surface area contributed by atoms with E-state index in [2.05, 4.69) is 31.8 Å². The number of thioether (sulfide) groups is 1. The number of anilines is 1. The van der Waals surface area contributed by atoms with E-state index in [0.717, 1.165) is 55.9 Å². The average Bonchev–Trinajstić information content (AvgIpc) is 2.98. The van der Waals surface area contributed by atoms with E-state index in [-0.39, 0.29) is 5.91 Å². The fourth-order valence-corrected chi connectivity index (χ4v) is 4.68. The highest BCUT2D eigenvalue weighted by Crippen LogP contribution is 2.23. The zero-order chi connectivity index (χ0) is 19.3. The molecule has 7 nitrogen and oxygen atoms in total. The first-order valence-corrected chi connectivity index (χ1v) is 10.9. The second-order valence-electron chi connectivity index (χ2n) is 7.22. The molecular formula is C20H27N5O2S. The first-order chi connectivity index (χ1) is 13.7. The Kier molecular flexibility index (Phi) is 6.04. The third-order valence-corrected chi connectivity index (χ3v) is 6.42. The first kappa shape index (κ1) is 19.1. The lowest BCUT2D eigenvalue weighted by Gasteiger charge is -2.36. The van der Waals surface area contributed by atoms with Crippen molar-refractivity contribution < 1.29 is 9.53 Å². The maximum atomic E-state index is 12.7. The number of piperazine rings is 1. The van der Waals surface area contributed by atoms with Crippen molar-refractivity contribution in [3.8, 4) is 5.75 Å². The number of ether oxygens (including phenoxy) is 1. The molecule has 2 aromatic rings. The molecule has 0 unspecified atom stereocenters. The van der Waals surface area contributed by atoms with Crippen molar-refractivity contribution in [1.82, 2.24) is 19.7 Å². The van der Waals surface area contributed by atoms with Gasteiger partial charge in [0.1, 0.15) is 11.6 Å². The Bertz CT molecular complexity index is 799. The van der Waals surface area contributed by atoms with Crippen LogP contribution in [0.4, 0.5) is 5.69 Å². The topological polar surface area (TPSA) is 63.5 Å². The Labute approximate surface area is 170 Å². The predicted molar refractivity (Wildman–Crippen MR) is 110 cm³/mol. The summed E-state index contributed by atoms with van der Waals surface area (Å²) in [7, 11) is 1.67. The number of hydrogen-bond donors (Lipinski definition) is 0. The number of rotatable bonds is 5. The zero-order valence-corrected chi connectivity index (χ0v) is 17.2. The normalized spacial score (nSPS) is 17.2. The highest BCUT2D eigenvalue weighted by Gasteiger charge is 2.23. The van der Waals surface area contributed by atoms with E-state index in [1.807, 2.05) is 17.0 Å². The summed E-state index contributed by atoms with van der Waals surface area (Å²) >= 11 is 1.52. The van der Waals surface area contributed by atoms with E-state index in [1.54, 1.807) is 7.11 Å². The fraction of sp³-hybridized carbons (Fsp3) is 0.550. The van der Waals surface area contributed by atoms with E-state index >= 15 is 0 Å². The van der Waals surface area contributed by atoms with E-state index in [4.69, 9.17) is 4.74 Å². The van der Waals surface area contributed by atoms with Gasteiger partial charge in [-0.25, -0.2) is 0 Å². The number of fused-ring (bicyclic) bond motifs is 1.